The number of rotatable bonds is 11. The summed E-state index contributed by atoms with van der Waals surface area (Å²) >= 11 is 0. The lowest BCUT2D eigenvalue weighted by Gasteiger charge is -2.26. The van der Waals surface area contributed by atoms with Crippen LogP contribution in [0.5, 0.6) is 5.75 Å². The number of likely N-dealkylation sites (tertiary alicyclic amines) is 1. The van der Waals surface area contributed by atoms with E-state index in [1.54, 1.807) is 6.07 Å². The van der Waals surface area contributed by atoms with Gasteiger partial charge in [-0.2, -0.15) is 0 Å². The average Bonchev–Trinajstić information content (AvgIpc) is 2.87. The van der Waals surface area contributed by atoms with Gasteiger partial charge < -0.3 is 9.64 Å². The largest absolute Gasteiger partial charge is 0.494 e. The molecule has 0 N–H and O–H groups in total. The Balaban J connectivity index is 1.21. The van der Waals surface area contributed by atoms with E-state index in [0.29, 0.717) is 19.3 Å². The Bertz CT molecular complexity index is 1040. The number of carbonyl (C=O) groups is 1. The lowest BCUT2D eigenvalue weighted by Crippen LogP contribution is -2.31. The van der Waals surface area contributed by atoms with Crippen LogP contribution in [0.25, 0.3) is 11.1 Å². The van der Waals surface area contributed by atoms with Gasteiger partial charge in [0.05, 0.1) is 6.61 Å². The molecule has 1 fully saturated rings. The maximum atomic E-state index is 13.3. The molecular formula is C29H33FN2O2. The summed E-state index contributed by atoms with van der Waals surface area (Å²) in [5, 5.41) is 0. The van der Waals surface area contributed by atoms with Crippen LogP contribution in [0.3, 0.4) is 0 Å². The molecule has 2 aromatic carbocycles. The predicted octanol–water partition coefficient (Wildman–Crippen LogP) is 5.89. The normalized spacial score (nSPS) is 14.1. The van der Waals surface area contributed by atoms with Crippen molar-refractivity contribution in [2.45, 2.75) is 44.9 Å². The summed E-state index contributed by atoms with van der Waals surface area (Å²) in [5.74, 6) is 0.719. The van der Waals surface area contributed by atoms with E-state index in [4.69, 9.17) is 4.74 Å². The number of halogens is 1. The topological polar surface area (TPSA) is 42.4 Å². The quantitative estimate of drug-likeness (QED) is 0.335. The molecule has 0 radical (unpaired) electrons. The molecule has 4 rings (SSSR count). The lowest BCUT2D eigenvalue weighted by atomic mass is 10.0. The summed E-state index contributed by atoms with van der Waals surface area (Å²) in [4.78, 5) is 19.3. The first kappa shape index (κ1) is 24.1. The second-order valence-corrected chi connectivity index (χ2v) is 9.01. The van der Waals surface area contributed by atoms with Crippen LogP contribution >= 0.6 is 0 Å². The molecule has 0 atom stereocenters. The van der Waals surface area contributed by atoms with Crippen LogP contribution in [-0.4, -0.2) is 41.9 Å². The summed E-state index contributed by atoms with van der Waals surface area (Å²) in [5.41, 5.74) is 3.66. The maximum Gasteiger partial charge on any atom is 0.139 e. The molecule has 4 nitrogen and oxygen atoms in total. The number of Topliss-reactive ketones (excluding diaryl/α,β-unsaturated/α-hetero) is 1. The highest BCUT2D eigenvalue weighted by Gasteiger charge is 2.10. The zero-order chi connectivity index (χ0) is 23.6. The zero-order valence-corrected chi connectivity index (χ0v) is 19.7. The number of aromatic nitrogens is 1. The molecule has 0 bridgehead atoms. The van der Waals surface area contributed by atoms with Gasteiger partial charge in [0.25, 0.3) is 0 Å². The summed E-state index contributed by atoms with van der Waals surface area (Å²) in [6, 6.07) is 18.4. The first-order chi connectivity index (χ1) is 16.7. The molecule has 2 heterocycles. The fourth-order valence-corrected chi connectivity index (χ4v) is 4.37. The van der Waals surface area contributed by atoms with Crippen LogP contribution in [0.2, 0.25) is 0 Å². The van der Waals surface area contributed by atoms with Crippen molar-refractivity contribution in [3.05, 3.63) is 83.9 Å². The van der Waals surface area contributed by atoms with Crippen LogP contribution < -0.4 is 4.74 Å². The van der Waals surface area contributed by atoms with E-state index in [1.165, 1.54) is 44.5 Å². The smallest absolute Gasteiger partial charge is 0.139 e. The molecule has 0 amide bonds. The highest BCUT2D eigenvalue weighted by atomic mass is 19.1. The molecule has 0 aliphatic carbocycles. The monoisotopic (exact) mass is 460 g/mol. The van der Waals surface area contributed by atoms with Crippen LogP contribution in [0.4, 0.5) is 4.39 Å². The number of aryl methyl sites for hydroxylation is 1. The number of benzene rings is 2. The van der Waals surface area contributed by atoms with Gasteiger partial charge in [0.2, 0.25) is 0 Å². The van der Waals surface area contributed by atoms with Crippen LogP contribution in [0.1, 0.15) is 43.4 Å². The minimum atomic E-state index is -0.269. The molecule has 1 saturated heterocycles. The molecule has 0 spiro atoms. The number of ketones is 1. The summed E-state index contributed by atoms with van der Waals surface area (Å²) in [7, 11) is 0. The van der Waals surface area contributed by atoms with Crippen LogP contribution in [0.15, 0.2) is 66.9 Å². The van der Waals surface area contributed by atoms with E-state index in [9.17, 15) is 9.18 Å². The molecular weight excluding hydrogens is 427 g/mol. The highest BCUT2D eigenvalue weighted by Crippen LogP contribution is 2.22. The van der Waals surface area contributed by atoms with Gasteiger partial charge >= 0.3 is 0 Å². The van der Waals surface area contributed by atoms with E-state index in [0.717, 1.165) is 47.7 Å². The van der Waals surface area contributed by atoms with Crippen LogP contribution in [-0.2, 0) is 17.6 Å². The average molecular weight is 461 g/mol. The van der Waals surface area contributed by atoms with E-state index in [1.807, 2.05) is 48.7 Å². The first-order valence-electron chi connectivity index (χ1n) is 12.3. The van der Waals surface area contributed by atoms with Gasteiger partial charge in [0.15, 0.2) is 0 Å². The Labute approximate surface area is 201 Å². The predicted molar refractivity (Wildman–Crippen MR) is 134 cm³/mol. The summed E-state index contributed by atoms with van der Waals surface area (Å²) < 4.78 is 19.2. The van der Waals surface area contributed by atoms with Gasteiger partial charge in [-0.1, -0.05) is 36.8 Å². The molecule has 34 heavy (non-hydrogen) atoms. The third kappa shape index (κ3) is 7.49. The van der Waals surface area contributed by atoms with E-state index in [2.05, 4.69) is 9.88 Å². The van der Waals surface area contributed by atoms with Gasteiger partial charge in [0.1, 0.15) is 17.3 Å². The number of carbonyl (C=O) groups excluding carboxylic acids is 1. The molecule has 1 aliphatic rings. The lowest BCUT2D eigenvalue weighted by molar-refractivity contribution is -0.118. The fraction of sp³-hybridized carbons (Fsp3) is 0.379. The van der Waals surface area contributed by atoms with Crippen molar-refractivity contribution in [2.24, 2.45) is 0 Å². The molecule has 1 aromatic heterocycles. The Hall–Kier alpha value is -3.05. The second-order valence-electron chi connectivity index (χ2n) is 9.01. The van der Waals surface area contributed by atoms with Gasteiger partial charge in [-0.25, -0.2) is 4.39 Å². The molecule has 3 aromatic rings. The van der Waals surface area contributed by atoms with Crippen molar-refractivity contribution in [1.29, 1.82) is 0 Å². The zero-order valence-electron chi connectivity index (χ0n) is 19.7. The van der Waals surface area contributed by atoms with Crippen molar-refractivity contribution in [2.75, 3.05) is 26.2 Å². The molecule has 0 saturated carbocycles. The molecule has 0 unspecified atom stereocenters. The summed E-state index contributed by atoms with van der Waals surface area (Å²) in [6.45, 7) is 4.30. The number of pyridine rings is 1. The third-order valence-corrected chi connectivity index (χ3v) is 6.31. The number of piperidine rings is 1. The van der Waals surface area contributed by atoms with E-state index < -0.39 is 0 Å². The van der Waals surface area contributed by atoms with Crippen molar-refractivity contribution in [3.8, 4) is 16.9 Å². The number of hydrogen-bond donors (Lipinski definition) is 0. The van der Waals surface area contributed by atoms with Crippen molar-refractivity contribution in [1.82, 2.24) is 9.88 Å². The molecule has 178 valence electrons. The van der Waals surface area contributed by atoms with Gasteiger partial charge in [-0.05, 0) is 80.2 Å². The minimum absolute atomic E-state index is 0.103. The van der Waals surface area contributed by atoms with Crippen molar-refractivity contribution in [3.63, 3.8) is 0 Å². The summed E-state index contributed by atoms with van der Waals surface area (Å²) in [6.07, 6.45) is 8.09. The SMILES string of the molecule is O=C(CCc1cccc(F)c1)Cc1ccc(-c2ccc(OCCCN3CCCCC3)cc2)cn1. The van der Waals surface area contributed by atoms with Gasteiger partial charge in [-0.15, -0.1) is 0 Å². The van der Waals surface area contributed by atoms with E-state index in [-0.39, 0.29) is 11.6 Å². The Morgan fingerprint density at radius 1 is 0.971 bits per heavy atom. The van der Waals surface area contributed by atoms with Crippen molar-refractivity contribution < 1.29 is 13.9 Å². The standard InChI is InChI=1S/C29H33FN2O2/c30-26-7-4-6-23(20-26)8-13-28(33)21-27-12-9-25(22-31-27)24-10-14-29(15-11-24)34-19-5-18-32-16-2-1-3-17-32/h4,6-7,9-12,14-15,20,22H,1-3,5,8,13,16-19,21H2. The van der Waals surface area contributed by atoms with Crippen LogP contribution in [0, 0.1) is 5.82 Å². The Kier molecular flexibility index (Phi) is 8.80. The minimum Gasteiger partial charge on any atom is -0.494 e. The highest BCUT2D eigenvalue weighted by molar-refractivity contribution is 5.80. The number of hydrogen-bond acceptors (Lipinski definition) is 4. The Morgan fingerprint density at radius 2 is 1.76 bits per heavy atom. The maximum absolute atomic E-state index is 13.3. The van der Waals surface area contributed by atoms with E-state index >= 15 is 0 Å². The second kappa shape index (κ2) is 12.4. The fourth-order valence-electron chi connectivity index (χ4n) is 4.37. The Morgan fingerprint density at radius 3 is 2.50 bits per heavy atom. The third-order valence-electron chi connectivity index (χ3n) is 6.31. The molecule has 5 heteroatoms. The van der Waals surface area contributed by atoms with Gasteiger partial charge in [-0.3, -0.25) is 9.78 Å². The number of ether oxygens (including phenoxy) is 1. The van der Waals surface area contributed by atoms with Gasteiger partial charge in [0, 0.05) is 36.8 Å². The van der Waals surface area contributed by atoms with Crippen molar-refractivity contribution >= 4 is 5.78 Å². The number of nitrogens with zero attached hydrogens (tertiary/aromatic N) is 2. The molecule has 1 aliphatic heterocycles. The first-order valence-corrected chi connectivity index (χ1v) is 12.3.